The fraction of sp³-hybridized carbons (Fsp3) is 0.647. The van der Waals surface area contributed by atoms with Crippen LogP contribution >= 0.6 is 11.6 Å². The number of hydrogen-bond acceptors (Lipinski definition) is 1. The summed E-state index contributed by atoms with van der Waals surface area (Å²) in [5, 5.41) is 4.21. The van der Waals surface area contributed by atoms with E-state index in [2.05, 4.69) is 24.4 Å². The first-order valence-electron chi connectivity index (χ1n) is 7.68. The summed E-state index contributed by atoms with van der Waals surface area (Å²) in [5.41, 5.74) is 1.30. The van der Waals surface area contributed by atoms with E-state index >= 15 is 0 Å². The molecule has 0 aliphatic carbocycles. The number of benzene rings is 1. The SMILES string of the molecule is CCCCCCCCC(CNC)c1ccccc1Cl. The third-order valence-corrected chi connectivity index (χ3v) is 4.05. The average molecular weight is 282 g/mol. The molecule has 0 aliphatic rings. The molecule has 0 saturated heterocycles. The normalized spacial score (nSPS) is 12.6. The molecule has 2 heteroatoms. The van der Waals surface area contributed by atoms with Crippen LogP contribution in [0.1, 0.15) is 63.4 Å². The molecule has 1 aromatic rings. The number of nitrogens with one attached hydrogen (secondary N) is 1. The van der Waals surface area contributed by atoms with E-state index < -0.39 is 0 Å². The van der Waals surface area contributed by atoms with Crippen LogP contribution in [0.3, 0.4) is 0 Å². The highest BCUT2D eigenvalue weighted by molar-refractivity contribution is 6.31. The van der Waals surface area contributed by atoms with Crippen molar-refractivity contribution in [3.8, 4) is 0 Å². The summed E-state index contributed by atoms with van der Waals surface area (Å²) in [6.07, 6.45) is 9.36. The Labute approximate surface area is 123 Å². The predicted octanol–water partition coefficient (Wildman–Crippen LogP) is 5.39. The van der Waals surface area contributed by atoms with Crippen molar-refractivity contribution in [1.29, 1.82) is 0 Å². The third kappa shape index (κ3) is 6.44. The lowest BCUT2D eigenvalue weighted by Crippen LogP contribution is -2.17. The van der Waals surface area contributed by atoms with Gasteiger partial charge < -0.3 is 5.32 Å². The zero-order valence-corrected chi connectivity index (χ0v) is 13.2. The molecule has 1 aromatic carbocycles. The Morgan fingerprint density at radius 1 is 1.05 bits per heavy atom. The monoisotopic (exact) mass is 281 g/mol. The maximum atomic E-state index is 6.31. The van der Waals surface area contributed by atoms with Gasteiger partial charge in [-0.05, 0) is 31.0 Å². The minimum absolute atomic E-state index is 0.546. The van der Waals surface area contributed by atoms with Crippen LogP contribution in [0.2, 0.25) is 5.02 Å². The number of rotatable bonds is 10. The smallest absolute Gasteiger partial charge is 0.0441 e. The molecule has 1 N–H and O–H groups in total. The van der Waals surface area contributed by atoms with E-state index in [0.29, 0.717) is 5.92 Å². The Kier molecular flexibility index (Phi) is 8.94. The van der Waals surface area contributed by atoms with E-state index in [-0.39, 0.29) is 0 Å². The van der Waals surface area contributed by atoms with Crippen LogP contribution in [-0.4, -0.2) is 13.6 Å². The van der Waals surface area contributed by atoms with Crippen LogP contribution in [0.15, 0.2) is 24.3 Å². The van der Waals surface area contributed by atoms with Gasteiger partial charge in [-0.15, -0.1) is 0 Å². The van der Waals surface area contributed by atoms with Gasteiger partial charge in [0.1, 0.15) is 0 Å². The van der Waals surface area contributed by atoms with Gasteiger partial charge in [0, 0.05) is 11.6 Å². The number of hydrogen-bond donors (Lipinski definition) is 1. The number of unbranched alkanes of at least 4 members (excludes halogenated alkanes) is 5. The third-order valence-electron chi connectivity index (χ3n) is 3.70. The molecule has 108 valence electrons. The average Bonchev–Trinajstić information content (AvgIpc) is 2.42. The molecule has 0 aliphatic heterocycles. The Hall–Kier alpha value is -0.530. The summed E-state index contributed by atoms with van der Waals surface area (Å²) in [5.74, 6) is 0.546. The predicted molar refractivity (Wildman–Crippen MR) is 86.1 cm³/mol. The fourth-order valence-corrected chi connectivity index (χ4v) is 2.88. The zero-order valence-electron chi connectivity index (χ0n) is 12.4. The van der Waals surface area contributed by atoms with Crippen molar-refractivity contribution in [2.24, 2.45) is 0 Å². The molecule has 0 saturated carbocycles. The van der Waals surface area contributed by atoms with E-state index in [1.54, 1.807) is 0 Å². The largest absolute Gasteiger partial charge is 0.319 e. The fourth-order valence-electron chi connectivity index (χ4n) is 2.59. The minimum atomic E-state index is 0.546. The van der Waals surface area contributed by atoms with E-state index in [9.17, 15) is 0 Å². The second-order valence-electron chi connectivity index (χ2n) is 5.33. The molecule has 1 nitrogen and oxygen atoms in total. The summed E-state index contributed by atoms with van der Waals surface area (Å²) < 4.78 is 0. The summed E-state index contributed by atoms with van der Waals surface area (Å²) in [7, 11) is 2.02. The van der Waals surface area contributed by atoms with Crippen LogP contribution in [0.4, 0.5) is 0 Å². The Morgan fingerprint density at radius 3 is 2.42 bits per heavy atom. The van der Waals surface area contributed by atoms with Gasteiger partial charge in [-0.3, -0.25) is 0 Å². The van der Waals surface area contributed by atoms with Crippen molar-refractivity contribution in [2.75, 3.05) is 13.6 Å². The van der Waals surface area contributed by atoms with E-state index in [0.717, 1.165) is 11.6 Å². The zero-order chi connectivity index (χ0) is 13.9. The molecule has 0 spiro atoms. The Bertz CT molecular complexity index is 338. The topological polar surface area (TPSA) is 12.0 Å². The molecule has 0 aromatic heterocycles. The maximum Gasteiger partial charge on any atom is 0.0441 e. The second kappa shape index (κ2) is 10.3. The molecule has 0 amide bonds. The molecular formula is C17H28ClN. The quantitative estimate of drug-likeness (QED) is 0.567. The van der Waals surface area contributed by atoms with E-state index in [1.165, 1.54) is 50.5 Å². The van der Waals surface area contributed by atoms with Crippen molar-refractivity contribution in [3.63, 3.8) is 0 Å². The first-order chi connectivity index (χ1) is 9.29. The molecule has 19 heavy (non-hydrogen) atoms. The lowest BCUT2D eigenvalue weighted by atomic mass is 9.92. The van der Waals surface area contributed by atoms with Gasteiger partial charge in [0.15, 0.2) is 0 Å². The summed E-state index contributed by atoms with van der Waals surface area (Å²) in [6, 6.07) is 8.26. The molecule has 1 unspecified atom stereocenters. The Morgan fingerprint density at radius 2 is 1.74 bits per heavy atom. The molecular weight excluding hydrogens is 254 g/mol. The van der Waals surface area contributed by atoms with Gasteiger partial charge in [-0.1, -0.05) is 75.2 Å². The highest BCUT2D eigenvalue weighted by Crippen LogP contribution is 2.28. The van der Waals surface area contributed by atoms with E-state index in [4.69, 9.17) is 11.6 Å². The van der Waals surface area contributed by atoms with Gasteiger partial charge in [0.05, 0.1) is 0 Å². The van der Waals surface area contributed by atoms with Crippen molar-refractivity contribution >= 4 is 11.6 Å². The standard InChI is InChI=1S/C17H28ClN/c1-3-4-5-6-7-8-11-15(14-19-2)16-12-9-10-13-17(16)18/h9-10,12-13,15,19H,3-8,11,14H2,1-2H3. The van der Waals surface area contributed by atoms with Crippen LogP contribution in [0.25, 0.3) is 0 Å². The van der Waals surface area contributed by atoms with Crippen LogP contribution in [0, 0.1) is 0 Å². The van der Waals surface area contributed by atoms with Crippen molar-refractivity contribution in [1.82, 2.24) is 5.32 Å². The molecule has 0 radical (unpaired) electrons. The second-order valence-corrected chi connectivity index (χ2v) is 5.74. The maximum absolute atomic E-state index is 6.31. The minimum Gasteiger partial charge on any atom is -0.319 e. The van der Waals surface area contributed by atoms with Crippen molar-refractivity contribution in [2.45, 2.75) is 57.8 Å². The summed E-state index contributed by atoms with van der Waals surface area (Å²) in [6.45, 7) is 3.28. The molecule has 1 atom stereocenters. The van der Waals surface area contributed by atoms with Gasteiger partial charge in [0.25, 0.3) is 0 Å². The van der Waals surface area contributed by atoms with Gasteiger partial charge in [-0.2, -0.15) is 0 Å². The van der Waals surface area contributed by atoms with Crippen LogP contribution in [0.5, 0.6) is 0 Å². The van der Waals surface area contributed by atoms with Crippen molar-refractivity contribution < 1.29 is 0 Å². The van der Waals surface area contributed by atoms with Gasteiger partial charge >= 0.3 is 0 Å². The molecule has 0 bridgehead atoms. The highest BCUT2D eigenvalue weighted by Gasteiger charge is 2.13. The molecule has 1 rings (SSSR count). The number of likely N-dealkylation sites (N-methyl/N-ethyl adjacent to an activating group) is 1. The summed E-state index contributed by atoms with van der Waals surface area (Å²) >= 11 is 6.31. The van der Waals surface area contributed by atoms with Gasteiger partial charge in [-0.25, -0.2) is 0 Å². The lowest BCUT2D eigenvalue weighted by Gasteiger charge is -2.18. The first-order valence-corrected chi connectivity index (χ1v) is 8.06. The molecule has 0 fully saturated rings. The number of halogens is 1. The lowest BCUT2D eigenvalue weighted by molar-refractivity contribution is 0.522. The van der Waals surface area contributed by atoms with E-state index in [1.807, 2.05) is 19.2 Å². The van der Waals surface area contributed by atoms with Crippen LogP contribution in [-0.2, 0) is 0 Å². The molecule has 0 heterocycles. The highest BCUT2D eigenvalue weighted by atomic mass is 35.5. The first kappa shape index (κ1) is 16.5. The van der Waals surface area contributed by atoms with Crippen molar-refractivity contribution in [3.05, 3.63) is 34.9 Å². The Balaban J connectivity index is 2.39. The van der Waals surface area contributed by atoms with Crippen LogP contribution < -0.4 is 5.32 Å². The summed E-state index contributed by atoms with van der Waals surface area (Å²) in [4.78, 5) is 0. The van der Waals surface area contributed by atoms with Gasteiger partial charge in [0.2, 0.25) is 0 Å².